The van der Waals surface area contributed by atoms with Crippen LogP contribution in [0.3, 0.4) is 0 Å². The Morgan fingerprint density at radius 2 is 1.91 bits per heavy atom. The molecule has 12 heteroatoms. The van der Waals surface area contributed by atoms with Gasteiger partial charge in [0.1, 0.15) is 51.9 Å². The van der Waals surface area contributed by atoms with Crippen LogP contribution in [0.1, 0.15) is 60.3 Å². The third-order valence-electron chi connectivity index (χ3n) is 9.24. The van der Waals surface area contributed by atoms with E-state index in [1.807, 2.05) is 10.9 Å². The van der Waals surface area contributed by atoms with Gasteiger partial charge in [-0.05, 0) is 68.9 Å². The average molecular weight is 616 g/mol. The number of nitrogens with two attached hydrogens (primary N) is 1. The van der Waals surface area contributed by atoms with Crippen molar-refractivity contribution in [3.8, 4) is 28.5 Å². The molecule has 1 aliphatic heterocycles. The molecule has 2 aromatic heterocycles. The van der Waals surface area contributed by atoms with Gasteiger partial charge in [0.2, 0.25) is 5.91 Å². The Morgan fingerprint density at radius 1 is 1.16 bits per heavy atom. The maximum absolute atomic E-state index is 14.1. The van der Waals surface area contributed by atoms with Crippen molar-refractivity contribution in [3.63, 3.8) is 0 Å². The Bertz CT molecular complexity index is 1870. The van der Waals surface area contributed by atoms with E-state index in [9.17, 15) is 19.1 Å². The van der Waals surface area contributed by atoms with Gasteiger partial charge in [-0.25, -0.2) is 9.37 Å². The number of halogens is 1. The fraction of sp³-hybridized carbons (Fsp3) is 0.394. The van der Waals surface area contributed by atoms with E-state index < -0.39 is 28.6 Å². The Hall–Kier alpha value is -4.71. The normalized spacial score (nSPS) is 20.3. The molecule has 2 amide bonds. The van der Waals surface area contributed by atoms with Crippen molar-refractivity contribution in [1.29, 1.82) is 0 Å². The predicted molar refractivity (Wildman–Crippen MR) is 162 cm³/mol. The number of primary amides is 1. The number of aromatic nitrogens is 3. The number of benzene rings is 2. The number of carbonyl (C=O) groups excluding carboxylic acids is 2. The molecule has 2 atom stereocenters. The number of aliphatic hydroxyl groups is 1. The van der Waals surface area contributed by atoms with Crippen LogP contribution in [-0.4, -0.2) is 59.1 Å². The SMILES string of the molecule is COc1cc(F)ccc1-c1nc([C@@](O)(CNC(=O)c2cc(OC)c3nn(C4CC4)cc3c2)C2CC2)cc2c1OC[C@]2(C)C(N)=O. The number of nitrogens with zero attached hydrogens (tertiary/aromatic N) is 3. The van der Waals surface area contributed by atoms with Gasteiger partial charge in [0.15, 0.2) is 0 Å². The lowest BCUT2D eigenvalue weighted by molar-refractivity contribution is -0.123. The lowest BCUT2D eigenvalue weighted by atomic mass is 9.81. The zero-order valence-electron chi connectivity index (χ0n) is 25.2. The Kier molecular flexibility index (Phi) is 6.73. The largest absolute Gasteiger partial charge is 0.496 e. The highest BCUT2D eigenvalue weighted by molar-refractivity contribution is 6.00. The molecule has 3 aliphatic rings. The number of ether oxygens (including phenoxy) is 3. The quantitative estimate of drug-likeness (QED) is 0.244. The molecule has 2 aromatic carbocycles. The summed E-state index contributed by atoms with van der Waals surface area (Å²) in [6.45, 7) is 1.49. The van der Waals surface area contributed by atoms with E-state index in [-0.39, 0.29) is 36.2 Å². The summed E-state index contributed by atoms with van der Waals surface area (Å²) in [7, 11) is 2.95. The number of rotatable bonds is 10. The molecule has 7 rings (SSSR count). The molecule has 0 bridgehead atoms. The van der Waals surface area contributed by atoms with Gasteiger partial charge in [-0.2, -0.15) is 5.10 Å². The lowest BCUT2D eigenvalue weighted by Crippen LogP contribution is -2.44. The summed E-state index contributed by atoms with van der Waals surface area (Å²) >= 11 is 0. The zero-order valence-corrected chi connectivity index (χ0v) is 25.2. The minimum Gasteiger partial charge on any atom is -0.496 e. The third-order valence-corrected chi connectivity index (χ3v) is 9.24. The van der Waals surface area contributed by atoms with Crippen LogP contribution in [0, 0.1) is 11.7 Å². The molecule has 234 valence electrons. The molecule has 45 heavy (non-hydrogen) atoms. The summed E-state index contributed by atoms with van der Waals surface area (Å²) < 4.78 is 33.1. The van der Waals surface area contributed by atoms with Crippen LogP contribution >= 0.6 is 0 Å². The smallest absolute Gasteiger partial charge is 0.251 e. The molecule has 0 saturated heterocycles. The Labute approximate surface area is 258 Å². The highest BCUT2D eigenvalue weighted by Gasteiger charge is 2.50. The molecule has 2 aliphatic carbocycles. The second kappa shape index (κ2) is 10.4. The molecule has 4 N–H and O–H groups in total. The van der Waals surface area contributed by atoms with Gasteiger partial charge in [0, 0.05) is 34.3 Å². The van der Waals surface area contributed by atoms with Crippen molar-refractivity contribution in [1.82, 2.24) is 20.1 Å². The molecular formula is C33H34FN5O6. The van der Waals surface area contributed by atoms with E-state index in [4.69, 9.17) is 24.9 Å². The first-order chi connectivity index (χ1) is 21.6. The fourth-order valence-corrected chi connectivity index (χ4v) is 6.11. The van der Waals surface area contributed by atoms with Crippen molar-refractivity contribution in [3.05, 3.63) is 65.2 Å². The van der Waals surface area contributed by atoms with E-state index in [0.717, 1.165) is 18.2 Å². The first-order valence-electron chi connectivity index (χ1n) is 15.0. The first kappa shape index (κ1) is 29.0. The zero-order chi connectivity index (χ0) is 31.7. The van der Waals surface area contributed by atoms with Crippen molar-refractivity contribution in [2.75, 3.05) is 27.4 Å². The highest BCUT2D eigenvalue weighted by atomic mass is 19.1. The minimum absolute atomic E-state index is 0.0282. The summed E-state index contributed by atoms with van der Waals surface area (Å²) in [6.07, 6.45) is 5.49. The number of nitrogens with one attached hydrogen (secondary N) is 1. The van der Waals surface area contributed by atoms with Crippen LogP contribution in [0.15, 0.2) is 42.6 Å². The predicted octanol–water partition coefficient (Wildman–Crippen LogP) is 3.75. The fourth-order valence-electron chi connectivity index (χ4n) is 6.11. The lowest BCUT2D eigenvalue weighted by Gasteiger charge is -2.30. The van der Waals surface area contributed by atoms with Gasteiger partial charge >= 0.3 is 0 Å². The van der Waals surface area contributed by atoms with Gasteiger partial charge in [-0.3, -0.25) is 14.3 Å². The van der Waals surface area contributed by atoms with Gasteiger partial charge in [-0.1, -0.05) is 0 Å². The van der Waals surface area contributed by atoms with Crippen LogP contribution in [0.2, 0.25) is 0 Å². The number of pyridine rings is 1. The maximum atomic E-state index is 14.1. The monoisotopic (exact) mass is 615 g/mol. The molecule has 0 radical (unpaired) electrons. The number of hydrogen-bond donors (Lipinski definition) is 3. The van der Waals surface area contributed by atoms with E-state index >= 15 is 0 Å². The molecule has 11 nitrogen and oxygen atoms in total. The molecule has 4 aromatic rings. The van der Waals surface area contributed by atoms with Crippen LogP contribution in [0.5, 0.6) is 17.2 Å². The topological polar surface area (TPSA) is 151 Å². The number of carbonyl (C=O) groups is 2. The van der Waals surface area contributed by atoms with Crippen molar-refractivity contribution in [2.24, 2.45) is 11.7 Å². The molecule has 0 spiro atoms. The number of fused-ring (bicyclic) bond motifs is 2. The van der Waals surface area contributed by atoms with E-state index in [2.05, 4.69) is 10.4 Å². The second-order valence-corrected chi connectivity index (χ2v) is 12.4. The van der Waals surface area contributed by atoms with E-state index in [0.29, 0.717) is 52.6 Å². The van der Waals surface area contributed by atoms with Crippen LogP contribution < -0.4 is 25.3 Å². The Morgan fingerprint density at radius 3 is 2.58 bits per heavy atom. The first-order valence-corrected chi connectivity index (χ1v) is 15.0. The average Bonchev–Trinajstić information content (AvgIpc) is 3.98. The molecule has 2 saturated carbocycles. The van der Waals surface area contributed by atoms with Crippen LogP contribution in [0.25, 0.3) is 22.2 Å². The number of hydrogen-bond acceptors (Lipinski definition) is 8. The summed E-state index contributed by atoms with van der Waals surface area (Å²) in [5, 5.41) is 20.6. The van der Waals surface area contributed by atoms with Gasteiger partial charge in [0.25, 0.3) is 5.91 Å². The highest BCUT2D eigenvalue weighted by Crippen LogP contribution is 2.51. The Balaban J connectivity index is 1.27. The minimum atomic E-state index is -1.60. The van der Waals surface area contributed by atoms with Crippen LogP contribution in [-0.2, 0) is 15.8 Å². The summed E-state index contributed by atoms with van der Waals surface area (Å²) in [4.78, 5) is 31.1. The molecular weight excluding hydrogens is 581 g/mol. The van der Waals surface area contributed by atoms with Gasteiger partial charge in [-0.15, -0.1) is 0 Å². The third kappa shape index (κ3) is 4.84. The molecule has 3 heterocycles. The summed E-state index contributed by atoms with van der Waals surface area (Å²) in [6, 6.07) is 9.42. The maximum Gasteiger partial charge on any atom is 0.251 e. The van der Waals surface area contributed by atoms with Gasteiger partial charge in [0.05, 0.1) is 32.5 Å². The summed E-state index contributed by atoms with van der Waals surface area (Å²) in [5.41, 5.74) is 5.46. The number of amides is 2. The summed E-state index contributed by atoms with van der Waals surface area (Å²) in [5.74, 6) is -0.720. The van der Waals surface area contributed by atoms with Crippen molar-refractivity contribution < 1.29 is 33.3 Å². The second-order valence-electron chi connectivity index (χ2n) is 12.4. The van der Waals surface area contributed by atoms with Crippen molar-refractivity contribution >= 4 is 22.7 Å². The van der Waals surface area contributed by atoms with E-state index in [1.54, 1.807) is 25.1 Å². The molecule has 0 unspecified atom stereocenters. The number of methoxy groups -OCH3 is 2. The standard InChI is InChI=1S/C33H34FN5O6/c1-32(31(35)41)16-45-29-23(32)13-26(37-28(29)22-9-6-20(34)12-24(22)43-2)33(42,19-4-5-19)15-36-30(40)17-10-18-14-39(21-7-8-21)38-27(18)25(11-17)44-3/h6,9-14,19,21,42H,4-5,7-8,15-16H2,1-3H3,(H2,35,41)(H,36,40)/t32-,33+/m0/s1. The van der Waals surface area contributed by atoms with Crippen LogP contribution in [0.4, 0.5) is 4.39 Å². The van der Waals surface area contributed by atoms with Gasteiger partial charge < -0.3 is 30.4 Å². The van der Waals surface area contributed by atoms with E-state index in [1.165, 1.54) is 32.4 Å². The van der Waals surface area contributed by atoms with Crippen molar-refractivity contribution in [2.45, 2.75) is 49.7 Å². The molecule has 2 fully saturated rings.